The van der Waals surface area contributed by atoms with Crippen LogP contribution in [0.2, 0.25) is 0 Å². The molecule has 29 heavy (non-hydrogen) atoms. The number of fused-ring (bicyclic) bond motifs is 1. The van der Waals surface area contributed by atoms with Gasteiger partial charge >= 0.3 is 0 Å². The first-order valence-corrected chi connectivity index (χ1v) is 10.5. The van der Waals surface area contributed by atoms with Crippen molar-refractivity contribution in [1.82, 2.24) is 4.72 Å². The minimum absolute atomic E-state index is 0.160. The van der Waals surface area contributed by atoms with Crippen LogP contribution in [-0.2, 0) is 25.3 Å². The minimum atomic E-state index is -3.49. The third-order valence-electron chi connectivity index (χ3n) is 3.91. The number of nitrogens with one attached hydrogen (secondary N) is 2. The molecule has 156 valence electrons. The van der Waals surface area contributed by atoms with Crippen molar-refractivity contribution in [3.8, 4) is 17.2 Å². The monoisotopic (exact) mass is 422 g/mol. The van der Waals surface area contributed by atoms with E-state index in [1.807, 2.05) is 0 Å². The fourth-order valence-corrected chi connectivity index (χ4v) is 3.74. The lowest BCUT2D eigenvalue weighted by Gasteiger charge is -2.10. The summed E-state index contributed by atoms with van der Waals surface area (Å²) >= 11 is 0. The molecule has 9 nitrogen and oxygen atoms in total. The van der Waals surface area contributed by atoms with Crippen molar-refractivity contribution in [2.24, 2.45) is 0 Å². The van der Waals surface area contributed by atoms with E-state index < -0.39 is 10.0 Å². The average Bonchev–Trinajstić information content (AvgIpc) is 3.14. The van der Waals surface area contributed by atoms with Gasteiger partial charge in [-0.05, 0) is 29.8 Å². The van der Waals surface area contributed by atoms with Gasteiger partial charge < -0.3 is 24.3 Å². The summed E-state index contributed by atoms with van der Waals surface area (Å²) < 4.78 is 47.3. The maximum atomic E-state index is 12.2. The van der Waals surface area contributed by atoms with Crippen molar-refractivity contribution in [3.63, 3.8) is 0 Å². The third kappa shape index (κ3) is 6.34. The van der Waals surface area contributed by atoms with Crippen LogP contribution in [0.5, 0.6) is 17.2 Å². The smallest absolute Gasteiger partial charge is 0.262 e. The van der Waals surface area contributed by atoms with Crippen molar-refractivity contribution >= 4 is 21.6 Å². The molecule has 2 aromatic rings. The number of rotatable bonds is 10. The average molecular weight is 422 g/mol. The molecule has 0 aliphatic carbocycles. The van der Waals surface area contributed by atoms with Gasteiger partial charge in [-0.1, -0.05) is 12.1 Å². The standard InChI is InChI=1S/C19H22N2O7S/c1-25-8-7-20-29(23,24)12-14-3-2-4-15(9-14)21-19(22)11-26-16-5-6-17-18(10-16)28-13-27-17/h2-6,9-10,20H,7-8,11-13H2,1H3,(H,21,22). The summed E-state index contributed by atoms with van der Waals surface area (Å²) in [6.07, 6.45) is 0. The summed E-state index contributed by atoms with van der Waals surface area (Å²) in [6, 6.07) is 11.7. The van der Waals surface area contributed by atoms with Crippen LogP contribution >= 0.6 is 0 Å². The topological polar surface area (TPSA) is 112 Å². The lowest BCUT2D eigenvalue weighted by Crippen LogP contribution is -2.28. The van der Waals surface area contributed by atoms with Crippen LogP contribution in [0, 0.1) is 0 Å². The van der Waals surface area contributed by atoms with Gasteiger partial charge in [0.15, 0.2) is 18.1 Å². The van der Waals surface area contributed by atoms with Crippen LogP contribution in [0.25, 0.3) is 0 Å². The van der Waals surface area contributed by atoms with Gasteiger partial charge in [0.1, 0.15) is 5.75 Å². The number of sulfonamides is 1. The van der Waals surface area contributed by atoms with Gasteiger partial charge in [0.25, 0.3) is 5.91 Å². The summed E-state index contributed by atoms with van der Waals surface area (Å²) in [4.78, 5) is 12.2. The summed E-state index contributed by atoms with van der Waals surface area (Å²) in [6.45, 7) is 0.444. The zero-order chi connectivity index (χ0) is 20.7. The number of benzene rings is 2. The molecular weight excluding hydrogens is 400 g/mol. The maximum Gasteiger partial charge on any atom is 0.262 e. The van der Waals surface area contributed by atoms with Crippen molar-refractivity contribution in [2.75, 3.05) is 39.0 Å². The Morgan fingerprint density at radius 1 is 1.14 bits per heavy atom. The molecule has 2 N–H and O–H groups in total. The zero-order valence-electron chi connectivity index (χ0n) is 15.8. The van der Waals surface area contributed by atoms with Gasteiger partial charge in [-0.2, -0.15) is 0 Å². The summed E-state index contributed by atoms with van der Waals surface area (Å²) in [7, 11) is -2.00. The van der Waals surface area contributed by atoms with Gasteiger partial charge in [-0.25, -0.2) is 13.1 Å². The zero-order valence-corrected chi connectivity index (χ0v) is 16.7. The molecular formula is C19H22N2O7S. The molecule has 0 fully saturated rings. The number of carbonyl (C=O) groups excluding carboxylic acids is 1. The van der Waals surface area contributed by atoms with Gasteiger partial charge in [-0.15, -0.1) is 0 Å². The number of methoxy groups -OCH3 is 1. The second-order valence-corrected chi connectivity index (χ2v) is 8.01. The van der Waals surface area contributed by atoms with E-state index in [4.69, 9.17) is 18.9 Å². The first-order valence-electron chi connectivity index (χ1n) is 8.83. The van der Waals surface area contributed by atoms with E-state index in [1.165, 1.54) is 7.11 Å². The van der Waals surface area contributed by atoms with Crippen LogP contribution in [0.3, 0.4) is 0 Å². The number of hydrogen-bond acceptors (Lipinski definition) is 7. The van der Waals surface area contributed by atoms with E-state index in [0.29, 0.717) is 35.1 Å². The Hall–Kier alpha value is -2.82. The normalized spacial score (nSPS) is 12.6. The Labute approximate surface area is 169 Å². The molecule has 1 amide bonds. The molecule has 1 aliphatic heterocycles. The van der Waals surface area contributed by atoms with Crippen molar-refractivity contribution in [3.05, 3.63) is 48.0 Å². The highest BCUT2D eigenvalue weighted by molar-refractivity contribution is 7.88. The predicted molar refractivity (Wildman–Crippen MR) is 106 cm³/mol. The summed E-state index contributed by atoms with van der Waals surface area (Å²) in [5.41, 5.74) is 1.03. The van der Waals surface area contributed by atoms with Crippen molar-refractivity contribution < 1.29 is 32.2 Å². The second kappa shape index (κ2) is 9.59. The second-order valence-electron chi connectivity index (χ2n) is 6.20. The molecule has 0 bridgehead atoms. The van der Waals surface area contributed by atoms with Crippen molar-refractivity contribution in [1.29, 1.82) is 0 Å². The van der Waals surface area contributed by atoms with Crippen molar-refractivity contribution in [2.45, 2.75) is 5.75 Å². The van der Waals surface area contributed by atoms with Crippen LogP contribution in [-0.4, -0.2) is 48.0 Å². The Balaban J connectivity index is 1.52. The quantitative estimate of drug-likeness (QED) is 0.558. The van der Waals surface area contributed by atoms with Crippen LogP contribution in [0.15, 0.2) is 42.5 Å². The lowest BCUT2D eigenvalue weighted by atomic mass is 10.2. The number of hydrogen-bond donors (Lipinski definition) is 2. The van der Waals surface area contributed by atoms with Crippen LogP contribution in [0.4, 0.5) is 5.69 Å². The minimum Gasteiger partial charge on any atom is -0.484 e. The Bertz CT molecular complexity index is 963. The molecule has 0 unspecified atom stereocenters. The number of amides is 1. The van der Waals surface area contributed by atoms with Gasteiger partial charge in [-0.3, -0.25) is 4.79 Å². The molecule has 0 saturated carbocycles. The molecule has 0 saturated heterocycles. The molecule has 0 atom stereocenters. The van der Waals surface area contributed by atoms with E-state index in [2.05, 4.69) is 10.0 Å². The molecule has 3 rings (SSSR count). The van der Waals surface area contributed by atoms with Gasteiger partial charge in [0.2, 0.25) is 16.8 Å². The number of ether oxygens (including phenoxy) is 4. The predicted octanol–water partition coefficient (Wildman–Crippen LogP) is 1.50. The largest absolute Gasteiger partial charge is 0.484 e. The third-order valence-corrected chi connectivity index (χ3v) is 5.27. The first-order chi connectivity index (χ1) is 13.9. The van der Waals surface area contributed by atoms with E-state index in [0.717, 1.165) is 0 Å². The van der Waals surface area contributed by atoms with E-state index in [1.54, 1.807) is 42.5 Å². The van der Waals surface area contributed by atoms with Gasteiger partial charge in [0.05, 0.1) is 12.4 Å². The number of anilines is 1. The van der Waals surface area contributed by atoms with Crippen LogP contribution < -0.4 is 24.2 Å². The molecule has 10 heteroatoms. The lowest BCUT2D eigenvalue weighted by molar-refractivity contribution is -0.118. The molecule has 0 radical (unpaired) electrons. The Morgan fingerprint density at radius 2 is 1.97 bits per heavy atom. The molecule has 0 aromatic heterocycles. The highest BCUT2D eigenvalue weighted by atomic mass is 32.2. The fourth-order valence-electron chi connectivity index (χ4n) is 2.62. The Kier molecular flexibility index (Phi) is 6.91. The molecule has 0 spiro atoms. The molecule has 1 aliphatic rings. The van der Waals surface area contributed by atoms with E-state index in [9.17, 15) is 13.2 Å². The maximum absolute atomic E-state index is 12.2. The highest BCUT2D eigenvalue weighted by Crippen LogP contribution is 2.35. The van der Waals surface area contributed by atoms with E-state index in [-0.39, 0.29) is 31.6 Å². The highest BCUT2D eigenvalue weighted by Gasteiger charge is 2.15. The molecule has 1 heterocycles. The van der Waals surface area contributed by atoms with Crippen LogP contribution in [0.1, 0.15) is 5.56 Å². The Morgan fingerprint density at radius 3 is 2.79 bits per heavy atom. The number of carbonyl (C=O) groups is 1. The SMILES string of the molecule is COCCNS(=O)(=O)Cc1cccc(NC(=O)COc2ccc3c(c2)OCO3)c1. The van der Waals surface area contributed by atoms with Gasteiger partial charge in [0, 0.05) is 25.4 Å². The van der Waals surface area contributed by atoms with E-state index >= 15 is 0 Å². The fraction of sp³-hybridized carbons (Fsp3) is 0.316. The molecule has 2 aromatic carbocycles. The summed E-state index contributed by atoms with van der Waals surface area (Å²) in [5, 5.41) is 2.69. The first kappa shape index (κ1) is 20.9. The summed E-state index contributed by atoms with van der Waals surface area (Å²) in [5.74, 6) is 1.10.